The van der Waals surface area contributed by atoms with Gasteiger partial charge in [0, 0.05) is 24.1 Å². The van der Waals surface area contributed by atoms with Crippen molar-refractivity contribution in [2.45, 2.75) is 0 Å². The molecule has 0 aromatic rings. The van der Waals surface area contributed by atoms with Crippen LogP contribution in [0.2, 0.25) is 0 Å². The maximum atomic E-state index is 4.92. The molecule has 3 heteroatoms. The van der Waals surface area contributed by atoms with E-state index >= 15 is 0 Å². The topological polar surface area (TPSA) is 33.6 Å². The molecular weight excluding hydrogens is 116 g/mol. The van der Waals surface area contributed by atoms with E-state index in [4.69, 9.17) is 4.84 Å². The Kier molecular flexibility index (Phi) is 0.828. The van der Waals surface area contributed by atoms with Crippen LogP contribution in [-0.2, 0) is 4.84 Å². The average Bonchev–Trinajstić information content (AvgIpc) is 2.33. The number of rotatable bonds is 0. The molecule has 0 atom stereocenters. The molecule has 44 valence electrons. The first kappa shape index (κ1) is 4.61. The van der Waals surface area contributed by atoms with Crippen molar-refractivity contribution in [1.29, 1.82) is 0 Å². The third-order valence-corrected chi connectivity index (χ3v) is 1.12. The quantitative estimate of drug-likeness (QED) is 0.502. The van der Waals surface area contributed by atoms with Crippen molar-refractivity contribution >= 4 is 6.21 Å². The molecule has 0 fully saturated rings. The van der Waals surface area contributed by atoms with Crippen LogP contribution in [0.5, 0.6) is 0 Å². The van der Waals surface area contributed by atoms with Crippen LogP contribution in [0.25, 0.3) is 0 Å². The first-order chi connectivity index (χ1) is 4.47. The normalized spacial score (nSPS) is 21.3. The Morgan fingerprint density at radius 1 is 1.67 bits per heavy atom. The predicted molar refractivity (Wildman–Crippen MR) is 32.1 cm³/mol. The van der Waals surface area contributed by atoms with Gasteiger partial charge in [-0.3, -0.25) is 4.99 Å². The second kappa shape index (κ2) is 1.62. The molecule has 0 unspecified atom stereocenters. The number of nitrogens with one attached hydrogen (secondary N) is 1. The Morgan fingerprint density at radius 2 is 2.67 bits per heavy atom. The molecule has 0 saturated heterocycles. The largest absolute Gasteiger partial charge is 0.382 e. The van der Waals surface area contributed by atoms with Crippen LogP contribution in [0.3, 0.4) is 0 Å². The number of fused-ring (bicyclic) bond motifs is 1. The molecule has 0 spiro atoms. The summed E-state index contributed by atoms with van der Waals surface area (Å²) in [6.07, 6.45) is 5.13. The van der Waals surface area contributed by atoms with Gasteiger partial charge >= 0.3 is 0 Å². The Hall–Kier alpha value is -1.25. The maximum Gasteiger partial charge on any atom is 0.163 e. The van der Waals surface area contributed by atoms with Crippen LogP contribution in [0.4, 0.5) is 0 Å². The molecule has 0 saturated carbocycles. The minimum atomic E-state index is 0.782. The van der Waals surface area contributed by atoms with E-state index in [0.717, 1.165) is 11.3 Å². The number of allylic oxidation sites excluding steroid dienone is 1. The molecule has 2 heterocycles. The number of dihydropyridines is 1. The molecule has 2 aliphatic rings. The molecule has 0 aromatic carbocycles. The fourth-order valence-electron chi connectivity index (χ4n) is 0.701. The van der Waals surface area contributed by atoms with Crippen LogP contribution in [0.15, 0.2) is 28.6 Å². The number of hydroxylamine groups is 1. The zero-order valence-electron chi connectivity index (χ0n) is 4.59. The molecule has 0 aromatic heterocycles. The average molecular weight is 120 g/mol. The Morgan fingerprint density at radius 3 is 3.56 bits per heavy atom. The van der Waals surface area contributed by atoms with Gasteiger partial charge in [0.2, 0.25) is 0 Å². The summed E-state index contributed by atoms with van der Waals surface area (Å²) in [6.45, 7) is 2.76. The zero-order valence-corrected chi connectivity index (χ0v) is 4.59. The van der Waals surface area contributed by atoms with Gasteiger partial charge in [0.05, 0.1) is 0 Å². The summed E-state index contributed by atoms with van der Waals surface area (Å²) in [5, 5.41) is 0. The van der Waals surface area contributed by atoms with Crippen molar-refractivity contribution in [3.05, 3.63) is 30.2 Å². The summed E-state index contributed by atoms with van der Waals surface area (Å²) in [6, 6.07) is 0. The van der Waals surface area contributed by atoms with E-state index in [1.807, 2.05) is 0 Å². The monoisotopic (exact) mass is 120 g/mol. The van der Waals surface area contributed by atoms with Crippen molar-refractivity contribution in [1.82, 2.24) is 5.48 Å². The molecule has 2 radical (unpaired) electrons. The van der Waals surface area contributed by atoms with Crippen molar-refractivity contribution in [3.63, 3.8) is 0 Å². The second-order valence-electron chi connectivity index (χ2n) is 1.70. The first-order valence-electron chi connectivity index (χ1n) is 2.59. The third-order valence-electron chi connectivity index (χ3n) is 1.12. The van der Waals surface area contributed by atoms with E-state index < -0.39 is 0 Å². The van der Waals surface area contributed by atoms with E-state index in [-0.39, 0.29) is 0 Å². The molecular formula is C6H4N2O. The van der Waals surface area contributed by atoms with Gasteiger partial charge in [-0.05, 0) is 0 Å². The Labute approximate surface area is 52.7 Å². The van der Waals surface area contributed by atoms with Crippen molar-refractivity contribution in [2.24, 2.45) is 4.99 Å². The fourth-order valence-corrected chi connectivity index (χ4v) is 0.701. The van der Waals surface area contributed by atoms with Gasteiger partial charge in [0.1, 0.15) is 0 Å². The van der Waals surface area contributed by atoms with Crippen LogP contribution < -0.4 is 5.48 Å². The molecule has 0 bridgehead atoms. The molecule has 2 rings (SSSR count). The summed E-state index contributed by atoms with van der Waals surface area (Å²) in [7, 11) is 0. The smallest absolute Gasteiger partial charge is 0.163 e. The number of hydrogen-bond acceptors (Lipinski definition) is 3. The van der Waals surface area contributed by atoms with Gasteiger partial charge in [-0.25, -0.2) is 5.48 Å². The molecule has 3 nitrogen and oxygen atoms in total. The number of hydrogen-bond donors (Lipinski definition) is 1. The van der Waals surface area contributed by atoms with Gasteiger partial charge in [0.15, 0.2) is 12.3 Å². The van der Waals surface area contributed by atoms with Crippen LogP contribution >= 0.6 is 0 Å². The van der Waals surface area contributed by atoms with Gasteiger partial charge < -0.3 is 4.84 Å². The molecule has 2 aliphatic heterocycles. The van der Waals surface area contributed by atoms with Crippen LogP contribution in [0, 0.1) is 6.54 Å². The lowest BCUT2D eigenvalue weighted by atomic mass is 10.2. The predicted octanol–water partition coefficient (Wildman–Crippen LogP) is 0.412. The van der Waals surface area contributed by atoms with E-state index in [1.54, 1.807) is 18.5 Å². The van der Waals surface area contributed by atoms with Gasteiger partial charge in [-0.15, -0.1) is 0 Å². The highest BCUT2D eigenvalue weighted by Gasteiger charge is 2.14. The summed E-state index contributed by atoms with van der Waals surface area (Å²) in [5.41, 5.74) is 3.46. The van der Waals surface area contributed by atoms with Crippen LogP contribution in [-0.4, -0.2) is 6.21 Å². The third kappa shape index (κ3) is 0.614. The van der Waals surface area contributed by atoms with E-state index in [0.29, 0.717) is 0 Å². The summed E-state index contributed by atoms with van der Waals surface area (Å²) >= 11 is 0. The first-order valence-corrected chi connectivity index (χ1v) is 2.59. The Balaban J connectivity index is 2.37. The Bertz CT molecular complexity index is 215. The lowest BCUT2D eigenvalue weighted by molar-refractivity contribution is 0.170. The molecule has 0 amide bonds. The molecule has 9 heavy (non-hydrogen) atoms. The fraction of sp³-hybridized carbons (Fsp3) is 0. The van der Waals surface area contributed by atoms with Crippen LogP contribution in [0.1, 0.15) is 0 Å². The van der Waals surface area contributed by atoms with Gasteiger partial charge in [0.25, 0.3) is 0 Å². The molecule has 1 N–H and O–H groups in total. The van der Waals surface area contributed by atoms with Crippen molar-refractivity contribution < 1.29 is 4.84 Å². The lowest BCUT2D eigenvalue weighted by Gasteiger charge is -2.00. The minimum absolute atomic E-state index is 0.782. The highest BCUT2D eigenvalue weighted by atomic mass is 16.7. The van der Waals surface area contributed by atoms with E-state index in [9.17, 15) is 0 Å². The highest BCUT2D eigenvalue weighted by molar-refractivity contribution is 5.76. The number of aliphatic imine (C=N–C) groups is 1. The molecule has 0 aliphatic carbocycles. The lowest BCUT2D eigenvalue weighted by Crippen LogP contribution is -1.97. The summed E-state index contributed by atoms with van der Waals surface area (Å²) < 4.78 is 0. The van der Waals surface area contributed by atoms with Crippen molar-refractivity contribution in [3.8, 4) is 0 Å². The highest BCUT2D eigenvalue weighted by Crippen LogP contribution is 2.19. The second-order valence-corrected chi connectivity index (χ2v) is 1.70. The SMILES string of the molecule is [C]1N=CC=C2ONC=C12. The standard InChI is InChI=1S/C6H4N2O/c1-2-7-3-5-4-8-9-6(1)5/h1-2,4,8H. The zero-order chi connectivity index (χ0) is 6.10. The maximum absolute atomic E-state index is 4.92. The summed E-state index contributed by atoms with van der Waals surface area (Å²) in [5.74, 6) is 0.782. The van der Waals surface area contributed by atoms with Gasteiger partial charge in [-0.2, -0.15) is 0 Å². The van der Waals surface area contributed by atoms with Gasteiger partial charge in [-0.1, -0.05) is 0 Å². The van der Waals surface area contributed by atoms with Crippen molar-refractivity contribution in [2.75, 3.05) is 0 Å². The number of nitrogens with zero attached hydrogens (tertiary/aromatic N) is 1. The van der Waals surface area contributed by atoms with E-state index in [1.165, 1.54) is 0 Å². The minimum Gasteiger partial charge on any atom is -0.382 e. The van der Waals surface area contributed by atoms with E-state index in [2.05, 4.69) is 17.0 Å². The summed E-state index contributed by atoms with van der Waals surface area (Å²) in [4.78, 5) is 8.70.